The van der Waals surface area contributed by atoms with E-state index in [4.69, 9.17) is 9.47 Å². The maximum Gasteiger partial charge on any atom is 0.407 e. The lowest BCUT2D eigenvalue weighted by Crippen LogP contribution is -2.56. The van der Waals surface area contributed by atoms with E-state index >= 15 is 0 Å². The van der Waals surface area contributed by atoms with Gasteiger partial charge in [-0.1, -0.05) is 98.1 Å². The summed E-state index contributed by atoms with van der Waals surface area (Å²) in [7, 11) is 0. The lowest BCUT2D eigenvalue weighted by molar-refractivity contribution is -0.143. The first-order valence-electron chi connectivity index (χ1n) is 14.7. The van der Waals surface area contributed by atoms with Gasteiger partial charge in [0.25, 0.3) is 0 Å². The Morgan fingerprint density at radius 3 is 2.14 bits per heavy atom. The van der Waals surface area contributed by atoms with Gasteiger partial charge in [-0.15, -0.1) is 0 Å². The summed E-state index contributed by atoms with van der Waals surface area (Å²) in [4.78, 5) is 38.7. The molecule has 0 aromatic heterocycles. The van der Waals surface area contributed by atoms with Crippen molar-refractivity contribution >= 4 is 18.0 Å². The van der Waals surface area contributed by atoms with Crippen LogP contribution in [0, 0.1) is 5.92 Å². The van der Waals surface area contributed by atoms with Gasteiger partial charge in [-0.05, 0) is 47.6 Å². The molecule has 4 atom stereocenters. The molecule has 220 valence electrons. The smallest absolute Gasteiger partial charge is 0.407 e. The monoisotopic (exact) mass is 570 g/mol. The molecule has 42 heavy (non-hydrogen) atoms. The van der Waals surface area contributed by atoms with Crippen LogP contribution in [0.1, 0.15) is 61.6 Å². The first-order chi connectivity index (χ1) is 20.4. The third kappa shape index (κ3) is 6.82. The molecule has 3 aromatic rings. The molecular weight excluding hydrogens is 532 g/mol. The Morgan fingerprint density at radius 1 is 0.857 bits per heavy atom. The Kier molecular flexibility index (Phi) is 9.54. The van der Waals surface area contributed by atoms with Gasteiger partial charge in [0.15, 0.2) is 0 Å². The second-order valence-electron chi connectivity index (χ2n) is 11.1. The molecule has 0 radical (unpaired) electrons. The van der Waals surface area contributed by atoms with E-state index in [0.717, 1.165) is 47.1 Å². The number of carboxylic acid groups (broad SMARTS) is 1. The first-order valence-corrected chi connectivity index (χ1v) is 14.7. The third-order valence-corrected chi connectivity index (χ3v) is 8.39. The maximum atomic E-state index is 13.6. The molecule has 2 aliphatic carbocycles. The number of amides is 2. The van der Waals surface area contributed by atoms with Crippen LogP contribution < -0.4 is 10.6 Å². The zero-order valence-corrected chi connectivity index (χ0v) is 23.8. The molecule has 5 rings (SSSR count). The van der Waals surface area contributed by atoms with Gasteiger partial charge in [-0.25, -0.2) is 4.79 Å². The Balaban J connectivity index is 1.28. The van der Waals surface area contributed by atoms with Crippen LogP contribution in [0.2, 0.25) is 0 Å². The quantitative estimate of drug-likeness (QED) is 0.272. The van der Waals surface area contributed by atoms with Crippen LogP contribution in [-0.2, 0) is 25.7 Å². The number of fused-ring (bicyclic) bond motifs is 3. The number of rotatable bonds is 10. The standard InChI is InChI=1S/C34H38N2O6/c1-22(41-20-23-12-4-2-5-13-23)31(32(37)35-30-19-7-3-6-18-28(30)33(38)39)36-34(40)42-21-29-26-16-10-8-14-24(26)25-15-9-11-17-27(25)29/h2,4-5,8-17,22,28-31H,3,6-7,18-21H2,1H3,(H,35,37)(H,36,40)(H,38,39). The predicted molar refractivity (Wildman–Crippen MR) is 159 cm³/mol. The number of hydrogen-bond donors (Lipinski definition) is 3. The minimum Gasteiger partial charge on any atom is -0.481 e. The fourth-order valence-corrected chi connectivity index (χ4v) is 6.11. The highest BCUT2D eigenvalue weighted by Crippen LogP contribution is 2.44. The number of benzene rings is 3. The molecular formula is C34H38N2O6. The van der Waals surface area contributed by atoms with Crippen molar-refractivity contribution in [1.82, 2.24) is 10.6 Å². The molecule has 0 spiro atoms. The van der Waals surface area contributed by atoms with Gasteiger partial charge in [0.05, 0.1) is 18.6 Å². The molecule has 0 heterocycles. The van der Waals surface area contributed by atoms with Crippen molar-refractivity contribution in [2.75, 3.05) is 6.61 Å². The molecule has 1 fully saturated rings. The summed E-state index contributed by atoms with van der Waals surface area (Å²) >= 11 is 0. The summed E-state index contributed by atoms with van der Waals surface area (Å²) in [6, 6.07) is 24.1. The van der Waals surface area contributed by atoms with Crippen LogP contribution in [0.15, 0.2) is 78.9 Å². The highest BCUT2D eigenvalue weighted by Gasteiger charge is 2.36. The number of carbonyl (C=O) groups excluding carboxylic acids is 2. The zero-order valence-electron chi connectivity index (χ0n) is 23.8. The summed E-state index contributed by atoms with van der Waals surface area (Å²) in [6.07, 6.45) is 2.20. The number of alkyl carbamates (subject to hydrolysis) is 1. The van der Waals surface area contributed by atoms with Crippen LogP contribution in [-0.4, -0.2) is 47.9 Å². The van der Waals surface area contributed by atoms with Gasteiger partial charge in [0.2, 0.25) is 5.91 Å². The molecule has 0 bridgehead atoms. The van der Waals surface area contributed by atoms with E-state index in [1.807, 2.05) is 66.7 Å². The summed E-state index contributed by atoms with van der Waals surface area (Å²) in [5, 5.41) is 15.5. The van der Waals surface area contributed by atoms with Crippen molar-refractivity contribution in [2.45, 2.75) is 69.7 Å². The van der Waals surface area contributed by atoms with Crippen LogP contribution >= 0.6 is 0 Å². The number of carbonyl (C=O) groups is 3. The normalized spacial score (nSPS) is 19.5. The van der Waals surface area contributed by atoms with Crippen molar-refractivity contribution in [1.29, 1.82) is 0 Å². The van der Waals surface area contributed by atoms with Crippen LogP contribution in [0.3, 0.4) is 0 Å². The van der Waals surface area contributed by atoms with Crippen LogP contribution in [0.4, 0.5) is 4.79 Å². The average molecular weight is 571 g/mol. The Bertz CT molecular complexity index is 1350. The van der Waals surface area contributed by atoms with Crippen molar-refractivity contribution in [3.05, 3.63) is 95.6 Å². The molecule has 0 saturated heterocycles. The van der Waals surface area contributed by atoms with Crippen LogP contribution in [0.5, 0.6) is 0 Å². The number of carboxylic acids is 1. The van der Waals surface area contributed by atoms with E-state index in [0.29, 0.717) is 12.8 Å². The molecule has 3 aromatic carbocycles. The molecule has 2 amide bonds. The summed E-state index contributed by atoms with van der Waals surface area (Å²) in [5.74, 6) is -2.20. The Labute approximate surface area is 246 Å². The summed E-state index contributed by atoms with van der Waals surface area (Å²) in [6.45, 7) is 2.08. The van der Waals surface area contributed by atoms with E-state index < -0.39 is 42.1 Å². The van der Waals surface area contributed by atoms with Gasteiger partial charge in [0, 0.05) is 12.0 Å². The molecule has 4 unspecified atom stereocenters. The van der Waals surface area contributed by atoms with E-state index in [1.54, 1.807) is 6.92 Å². The Hall–Kier alpha value is -4.17. The van der Waals surface area contributed by atoms with Gasteiger partial charge in [0.1, 0.15) is 12.6 Å². The largest absolute Gasteiger partial charge is 0.481 e. The molecule has 3 N–H and O–H groups in total. The van der Waals surface area contributed by atoms with Gasteiger partial charge in [-0.2, -0.15) is 0 Å². The van der Waals surface area contributed by atoms with E-state index in [-0.39, 0.29) is 19.1 Å². The summed E-state index contributed by atoms with van der Waals surface area (Å²) in [5.41, 5.74) is 5.36. The van der Waals surface area contributed by atoms with Crippen molar-refractivity contribution in [3.8, 4) is 11.1 Å². The van der Waals surface area contributed by atoms with Gasteiger partial charge in [-0.3, -0.25) is 9.59 Å². The molecule has 8 nitrogen and oxygen atoms in total. The minimum absolute atomic E-state index is 0.108. The number of hydrogen-bond acceptors (Lipinski definition) is 5. The topological polar surface area (TPSA) is 114 Å². The lowest BCUT2D eigenvalue weighted by Gasteiger charge is -2.29. The van der Waals surface area contributed by atoms with Crippen molar-refractivity contribution in [2.24, 2.45) is 5.92 Å². The SMILES string of the molecule is CC(OCc1ccccc1)C(NC(=O)OCC1c2ccccc2-c2ccccc21)C(=O)NC1CCCCCC1C(=O)O. The van der Waals surface area contributed by atoms with E-state index in [2.05, 4.69) is 22.8 Å². The average Bonchev–Trinajstić information content (AvgIpc) is 3.13. The number of ether oxygens (including phenoxy) is 2. The Morgan fingerprint density at radius 2 is 1.48 bits per heavy atom. The fraction of sp³-hybridized carbons (Fsp3) is 0.382. The lowest BCUT2D eigenvalue weighted by atomic mass is 9.94. The van der Waals surface area contributed by atoms with Crippen molar-refractivity contribution < 1.29 is 29.0 Å². The molecule has 2 aliphatic rings. The van der Waals surface area contributed by atoms with Gasteiger partial charge >= 0.3 is 12.1 Å². The van der Waals surface area contributed by atoms with Crippen molar-refractivity contribution in [3.63, 3.8) is 0 Å². The maximum absolute atomic E-state index is 13.6. The highest BCUT2D eigenvalue weighted by atomic mass is 16.5. The first kappa shape index (κ1) is 29.3. The number of nitrogens with one attached hydrogen (secondary N) is 2. The fourth-order valence-electron chi connectivity index (χ4n) is 6.11. The predicted octanol–water partition coefficient (Wildman–Crippen LogP) is 5.65. The molecule has 0 aliphatic heterocycles. The van der Waals surface area contributed by atoms with E-state index in [1.165, 1.54) is 0 Å². The number of aliphatic carboxylic acids is 1. The van der Waals surface area contributed by atoms with Crippen LogP contribution in [0.25, 0.3) is 11.1 Å². The summed E-state index contributed by atoms with van der Waals surface area (Å²) < 4.78 is 11.7. The molecule has 1 saturated carbocycles. The third-order valence-electron chi connectivity index (χ3n) is 8.39. The van der Waals surface area contributed by atoms with E-state index in [9.17, 15) is 19.5 Å². The van der Waals surface area contributed by atoms with Gasteiger partial charge < -0.3 is 25.2 Å². The highest BCUT2D eigenvalue weighted by molar-refractivity contribution is 5.87. The molecule has 8 heteroatoms. The second kappa shape index (κ2) is 13.7. The minimum atomic E-state index is -1.08. The second-order valence-corrected chi connectivity index (χ2v) is 11.1. The zero-order chi connectivity index (χ0) is 29.5.